The first-order valence-electron chi connectivity index (χ1n) is 27.0. The zero-order valence-electron chi connectivity index (χ0n) is 45.8. The molecule has 450 valence electrons. The average molecular weight is 1220 g/mol. The molecule has 6 unspecified atom stereocenters. The predicted octanol–water partition coefficient (Wildman–Crippen LogP) is 1.47. The Morgan fingerprint density at radius 3 is 2.51 bits per heavy atom. The number of ether oxygens (including phenoxy) is 2. The highest BCUT2D eigenvalue weighted by molar-refractivity contribution is 8.76. The predicted molar refractivity (Wildman–Crippen MR) is 314 cm³/mol. The van der Waals surface area contributed by atoms with Crippen LogP contribution in [0.25, 0.3) is 11.2 Å². The van der Waals surface area contributed by atoms with Crippen LogP contribution in [-0.4, -0.2) is 195 Å². The van der Waals surface area contributed by atoms with Gasteiger partial charge in [-0.3, -0.25) is 48.3 Å². The number of benzene rings is 1. The van der Waals surface area contributed by atoms with E-state index in [0.29, 0.717) is 92.2 Å². The zero-order chi connectivity index (χ0) is 60.2. The molecule has 0 spiro atoms. The Morgan fingerprint density at radius 2 is 1.81 bits per heavy atom. The third-order valence-electron chi connectivity index (χ3n) is 14.7. The summed E-state index contributed by atoms with van der Waals surface area (Å²) in [4.78, 5) is 117. The number of nitrogens with two attached hydrogens (primary N) is 2. The lowest BCUT2D eigenvalue weighted by atomic mass is 9.84. The molecule has 8 rings (SSSR count). The van der Waals surface area contributed by atoms with Crippen molar-refractivity contribution in [1.29, 1.82) is 0 Å². The van der Waals surface area contributed by atoms with Crippen LogP contribution < -0.4 is 33.0 Å². The number of carbonyl (C=O) groups is 6. The molecule has 0 bridgehead atoms. The Morgan fingerprint density at radius 1 is 1.06 bits per heavy atom. The number of amidine groups is 1. The van der Waals surface area contributed by atoms with Gasteiger partial charge in [0.15, 0.2) is 29.1 Å². The number of anilines is 2. The van der Waals surface area contributed by atoms with Crippen LogP contribution in [0, 0.1) is 11.8 Å². The number of aromatic nitrogens is 5. The molecule has 6 heterocycles. The van der Waals surface area contributed by atoms with E-state index in [0.717, 1.165) is 18.0 Å². The number of carboxylic acids is 2. The highest BCUT2D eigenvalue weighted by Gasteiger charge is 2.60. The van der Waals surface area contributed by atoms with Gasteiger partial charge in [0, 0.05) is 105 Å². The number of aromatic hydroxyl groups is 2. The number of ketones is 1. The highest BCUT2D eigenvalue weighted by Crippen LogP contribution is 2.42. The standard InChI is InChI=1S/C53H66N14O14S3/c1-3-32(43(71)39-35(25-68)67-24-34-40(62-34)42(67)44(39)72)56-14-18-83-84-19-15-57-47(73)28-10-12-53(80-2,13-11-28)81-17-16-66-38(70)20-36(49(66)75)82-26-29(50(76)77)21-59-37(69)9-8-33(51(78)79)63-45(54)27-4-6-30(7-5-27)58-22-31-23-60-46-41(61-31)48(74)65-52(55)64-46/h4-7,20-21,23,25,28-29,33-34,40,42,44,58,62,70,72,75H,3,8-19,22,24,26H2,1-2H3,(H2,54,63)(H,57,73)(H,76,77)(H,78,79)(H3,55,60,64,65,74). The van der Waals surface area contributed by atoms with Crippen LogP contribution in [0.4, 0.5) is 11.6 Å². The molecular weight excluding hydrogens is 1150 g/mol. The number of rotatable bonds is 31. The van der Waals surface area contributed by atoms with E-state index in [9.17, 15) is 59.1 Å². The smallest absolute Gasteiger partial charge is 0.328 e. The summed E-state index contributed by atoms with van der Waals surface area (Å²) in [6.45, 7) is 3.44. The van der Waals surface area contributed by atoms with E-state index in [1.54, 1.807) is 45.9 Å². The van der Waals surface area contributed by atoms with Gasteiger partial charge in [0.2, 0.25) is 29.4 Å². The number of thioether (sulfide) groups is 1. The van der Waals surface area contributed by atoms with Gasteiger partial charge in [0.1, 0.15) is 23.9 Å². The molecule has 1 aliphatic carbocycles. The number of hydrogen-bond acceptors (Lipinski definition) is 24. The van der Waals surface area contributed by atoms with Crippen LogP contribution in [0.3, 0.4) is 0 Å². The maximum absolute atomic E-state index is 13.4. The third kappa shape index (κ3) is 15.3. The molecule has 4 aliphatic rings. The number of aromatic amines is 1. The van der Waals surface area contributed by atoms with Crippen molar-refractivity contribution in [3.8, 4) is 11.8 Å². The van der Waals surface area contributed by atoms with Gasteiger partial charge in [-0.25, -0.2) is 19.8 Å². The minimum atomic E-state index is -1.43. The van der Waals surface area contributed by atoms with Crippen molar-refractivity contribution in [3.05, 3.63) is 69.4 Å². The van der Waals surface area contributed by atoms with E-state index in [1.807, 2.05) is 11.8 Å². The lowest BCUT2D eigenvalue weighted by Gasteiger charge is -2.38. The van der Waals surface area contributed by atoms with Crippen LogP contribution in [0.1, 0.15) is 63.1 Å². The molecule has 84 heavy (non-hydrogen) atoms. The topological polar surface area (TPSA) is 437 Å². The van der Waals surface area contributed by atoms with E-state index < -0.39 is 53.7 Å². The second-order valence-corrected chi connectivity index (χ2v) is 23.8. The molecule has 13 N–H and O–H groups in total. The molecule has 31 heteroatoms. The van der Waals surface area contributed by atoms with Crippen molar-refractivity contribution in [2.75, 3.05) is 61.7 Å². The van der Waals surface area contributed by atoms with E-state index in [1.165, 1.54) is 23.9 Å². The molecule has 4 aromatic rings. The first-order chi connectivity index (χ1) is 40.3. The first kappa shape index (κ1) is 62.6. The molecule has 3 fully saturated rings. The van der Waals surface area contributed by atoms with Crippen molar-refractivity contribution in [1.82, 2.24) is 40.0 Å². The average Bonchev–Trinajstić information content (AvgIpc) is 2.73. The van der Waals surface area contributed by atoms with E-state index in [2.05, 4.69) is 50.9 Å². The second-order valence-electron chi connectivity index (χ2n) is 20.1. The first-order valence-corrected chi connectivity index (χ1v) is 30.5. The van der Waals surface area contributed by atoms with Gasteiger partial charge < -0.3 is 67.3 Å². The van der Waals surface area contributed by atoms with Gasteiger partial charge in [0.25, 0.3) is 5.56 Å². The van der Waals surface area contributed by atoms with E-state index in [4.69, 9.17) is 20.9 Å². The molecule has 3 aromatic heterocycles. The molecule has 2 saturated heterocycles. The van der Waals surface area contributed by atoms with Crippen LogP contribution in [0.15, 0.2) is 72.5 Å². The molecular formula is C53H66N14O14S3. The molecule has 2 amide bonds. The fourth-order valence-corrected chi connectivity index (χ4v) is 12.9. The number of allylic oxidation sites excluding steroid dienone is 1. The number of hydrogen-bond donors (Lipinski definition) is 11. The Labute approximate surface area is 492 Å². The number of H-pyrrole nitrogens is 1. The van der Waals surface area contributed by atoms with Crippen molar-refractivity contribution in [3.63, 3.8) is 0 Å². The summed E-state index contributed by atoms with van der Waals surface area (Å²) in [7, 11) is 4.65. The lowest BCUT2D eigenvalue weighted by molar-refractivity contribution is -0.243. The van der Waals surface area contributed by atoms with Gasteiger partial charge in [-0.15, -0.1) is 11.8 Å². The second kappa shape index (κ2) is 28.4. The fraction of sp³-hybridized carbons (Fsp3) is 0.491. The summed E-state index contributed by atoms with van der Waals surface area (Å²) >= 11 is 0.900. The summed E-state index contributed by atoms with van der Waals surface area (Å²) < 4.78 is 13.1. The summed E-state index contributed by atoms with van der Waals surface area (Å²) in [5.74, 6) is -6.29. The summed E-state index contributed by atoms with van der Waals surface area (Å²) in [5.41, 5.74) is 13.5. The SMILES string of the molecule is CCC(=NCCSSCCNC(=O)C1CCC(OC)(OCCn2c(O)cc(SCC(C=NC(=O)CCC(N=C(N)c3ccc(NCc4cnc5nc(N)[nH]c(=O)c5n4)cc3)C(=O)O)C(=O)O)c2O)CC1)C(=O)C1=C(C=O)N2CC3NC3C2C1O. The Balaban J connectivity index is 0.711. The quantitative estimate of drug-likeness (QED) is 0.00497. The Kier molecular flexibility index (Phi) is 21.2. The number of amides is 2. The number of aliphatic carboxylic acids is 2. The number of aliphatic hydroxyl groups excluding tert-OH is 1. The minimum absolute atomic E-state index is 0.00402. The summed E-state index contributed by atoms with van der Waals surface area (Å²) in [6.07, 6.45) is 3.49. The number of aldehydes is 1. The van der Waals surface area contributed by atoms with Gasteiger partial charge in [-0.05, 0) is 49.9 Å². The van der Waals surface area contributed by atoms with Crippen LogP contribution >= 0.6 is 33.3 Å². The third-order valence-corrected chi connectivity index (χ3v) is 18.2. The maximum Gasteiger partial charge on any atom is 0.328 e. The summed E-state index contributed by atoms with van der Waals surface area (Å²) in [5, 5.41) is 61.8. The van der Waals surface area contributed by atoms with Crippen LogP contribution in [0.2, 0.25) is 0 Å². The van der Waals surface area contributed by atoms with Gasteiger partial charge in [-0.2, -0.15) is 4.98 Å². The molecule has 3 aliphatic heterocycles. The highest BCUT2D eigenvalue weighted by atomic mass is 33.1. The lowest BCUT2D eigenvalue weighted by Crippen LogP contribution is -2.43. The molecule has 1 saturated carbocycles. The summed E-state index contributed by atoms with van der Waals surface area (Å²) in [6, 6.07) is 6.38. The van der Waals surface area contributed by atoms with Crippen molar-refractivity contribution in [2.24, 2.45) is 32.5 Å². The number of aliphatic hydroxyl groups is 1. The maximum atomic E-state index is 13.4. The Hall–Kier alpha value is -7.42. The zero-order valence-corrected chi connectivity index (χ0v) is 48.3. The van der Waals surface area contributed by atoms with Crippen molar-refractivity contribution >= 4 is 110 Å². The molecule has 28 nitrogen and oxygen atoms in total. The van der Waals surface area contributed by atoms with Gasteiger partial charge in [-0.1, -0.05) is 28.5 Å². The Bertz CT molecular complexity index is 3290. The van der Waals surface area contributed by atoms with Crippen molar-refractivity contribution < 1.29 is 63.8 Å². The number of piperazine rings is 1. The fourth-order valence-electron chi connectivity index (χ4n) is 10.1. The monoisotopic (exact) mass is 1220 g/mol. The van der Waals surface area contributed by atoms with Gasteiger partial charge in [0.05, 0.1) is 59.5 Å². The van der Waals surface area contributed by atoms with Crippen LogP contribution in [0.5, 0.6) is 11.8 Å². The number of nitrogen functional groups attached to an aromatic ring is 1. The molecule has 1 aromatic carbocycles. The van der Waals surface area contributed by atoms with Crippen LogP contribution in [-0.2, 0) is 51.3 Å². The number of carbonyl (C=O) groups excluding carboxylic acids is 4. The number of carboxylic acid groups (broad SMARTS) is 2. The number of methoxy groups -OCH3 is 1. The number of aliphatic imine (C=N–C) groups is 3. The van der Waals surface area contributed by atoms with E-state index in [-0.39, 0.29) is 118 Å². The number of nitrogens with zero attached hydrogens (tertiary/aromatic N) is 8. The number of fused-ring (bicyclic) bond motifs is 4. The minimum Gasteiger partial charge on any atom is -0.494 e. The van der Waals surface area contributed by atoms with Crippen molar-refractivity contribution in [2.45, 2.75) is 106 Å². The normalized spacial score (nSPS) is 22.0. The largest absolute Gasteiger partial charge is 0.494 e. The van der Waals surface area contributed by atoms with E-state index >= 15 is 0 Å². The molecule has 6 atom stereocenters. The number of Topliss-reactive ketones (excluding diaryl/α,β-unsaturated/α-hetero) is 1. The number of nitrogens with one attached hydrogen (secondary N) is 4. The van der Waals surface area contributed by atoms with Gasteiger partial charge >= 0.3 is 11.9 Å². The molecule has 0 radical (unpaired) electrons.